The van der Waals surface area contributed by atoms with Crippen LogP contribution in [0, 0.1) is 0 Å². The maximum atomic E-state index is 8.52. The van der Waals surface area contributed by atoms with Crippen molar-refractivity contribution < 1.29 is 5.21 Å². The third-order valence-corrected chi connectivity index (χ3v) is 2.98. The molecule has 1 rings (SSSR count). The van der Waals surface area contributed by atoms with E-state index in [0.717, 1.165) is 4.47 Å². The largest absolute Gasteiger partial charge is 0.409 e. The SMILES string of the molecule is CC(Nc1c(Cl)cc(Br)cc1Cl)C(N)=NO. The van der Waals surface area contributed by atoms with Gasteiger partial charge in [-0.3, -0.25) is 0 Å². The summed E-state index contributed by atoms with van der Waals surface area (Å²) in [5.74, 6) is 0.0510. The molecule has 0 aromatic heterocycles. The van der Waals surface area contributed by atoms with E-state index in [4.69, 9.17) is 34.1 Å². The number of nitrogens with two attached hydrogens (primary N) is 1. The standard InChI is InChI=1S/C9H10BrCl2N3O/c1-4(9(13)15-16)14-8-6(11)2-5(10)3-7(8)12/h2-4,14,16H,1H3,(H2,13,15). The molecule has 1 aromatic rings. The molecule has 0 spiro atoms. The topological polar surface area (TPSA) is 70.6 Å². The van der Waals surface area contributed by atoms with Crippen molar-refractivity contribution in [2.24, 2.45) is 10.9 Å². The van der Waals surface area contributed by atoms with E-state index in [1.807, 2.05) is 0 Å². The van der Waals surface area contributed by atoms with Crippen LogP contribution in [0.5, 0.6) is 0 Å². The summed E-state index contributed by atoms with van der Waals surface area (Å²) in [6.07, 6.45) is 0. The van der Waals surface area contributed by atoms with Gasteiger partial charge in [0.2, 0.25) is 0 Å². The van der Waals surface area contributed by atoms with E-state index >= 15 is 0 Å². The summed E-state index contributed by atoms with van der Waals surface area (Å²) in [6.45, 7) is 1.73. The average molecular weight is 327 g/mol. The Hall–Kier alpha value is -0.650. The van der Waals surface area contributed by atoms with Crippen LogP contribution in [0.15, 0.2) is 21.8 Å². The molecule has 0 amide bonds. The fourth-order valence-electron chi connectivity index (χ4n) is 1.06. The molecule has 0 heterocycles. The molecule has 0 saturated heterocycles. The van der Waals surface area contributed by atoms with Gasteiger partial charge in [-0.1, -0.05) is 44.3 Å². The van der Waals surface area contributed by atoms with E-state index in [1.165, 1.54) is 0 Å². The number of oxime groups is 1. The Morgan fingerprint density at radius 1 is 1.50 bits per heavy atom. The Kier molecular flexibility index (Phi) is 4.70. The maximum Gasteiger partial charge on any atom is 0.161 e. The highest BCUT2D eigenvalue weighted by Crippen LogP contribution is 2.34. The van der Waals surface area contributed by atoms with E-state index in [0.29, 0.717) is 15.7 Å². The molecule has 88 valence electrons. The first kappa shape index (κ1) is 13.4. The van der Waals surface area contributed by atoms with Crippen molar-refractivity contribution >= 4 is 50.7 Å². The van der Waals surface area contributed by atoms with Crippen molar-refractivity contribution in [2.75, 3.05) is 5.32 Å². The lowest BCUT2D eigenvalue weighted by molar-refractivity contribution is 0.316. The van der Waals surface area contributed by atoms with Gasteiger partial charge in [0.25, 0.3) is 0 Å². The summed E-state index contributed by atoms with van der Waals surface area (Å²) < 4.78 is 0.782. The Labute approximate surface area is 112 Å². The number of hydrogen-bond donors (Lipinski definition) is 3. The first-order valence-corrected chi connectivity index (χ1v) is 5.89. The quantitative estimate of drug-likeness (QED) is 0.345. The third kappa shape index (κ3) is 3.17. The zero-order chi connectivity index (χ0) is 12.3. The predicted molar refractivity (Wildman–Crippen MR) is 70.7 cm³/mol. The molecule has 7 heteroatoms. The molecule has 0 aliphatic rings. The number of hydrogen-bond acceptors (Lipinski definition) is 3. The number of rotatable bonds is 3. The maximum absolute atomic E-state index is 8.52. The highest BCUT2D eigenvalue weighted by atomic mass is 79.9. The molecule has 0 fully saturated rings. The summed E-state index contributed by atoms with van der Waals surface area (Å²) in [6, 6.07) is 3.03. The second kappa shape index (κ2) is 5.61. The highest BCUT2D eigenvalue weighted by Gasteiger charge is 2.13. The van der Waals surface area contributed by atoms with Crippen LogP contribution in [0.4, 0.5) is 5.69 Å². The molecular weight excluding hydrogens is 317 g/mol. The lowest BCUT2D eigenvalue weighted by atomic mass is 10.2. The number of amidine groups is 1. The van der Waals surface area contributed by atoms with Gasteiger partial charge in [0.05, 0.1) is 21.8 Å². The molecule has 1 atom stereocenters. The zero-order valence-electron chi connectivity index (χ0n) is 8.34. The van der Waals surface area contributed by atoms with E-state index in [-0.39, 0.29) is 11.9 Å². The van der Waals surface area contributed by atoms with E-state index < -0.39 is 0 Å². The van der Waals surface area contributed by atoms with Crippen molar-refractivity contribution in [3.63, 3.8) is 0 Å². The van der Waals surface area contributed by atoms with Crippen LogP contribution in [-0.2, 0) is 0 Å². The molecule has 0 aliphatic carbocycles. The number of nitrogens with zero attached hydrogens (tertiary/aromatic N) is 1. The van der Waals surface area contributed by atoms with Gasteiger partial charge in [0.15, 0.2) is 5.84 Å². The Balaban J connectivity index is 2.98. The van der Waals surface area contributed by atoms with Crippen LogP contribution in [0.2, 0.25) is 10.0 Å². The van der Waals surface area contributed by atoms with Gasteiger partial charge in [-0.2, -0.15) is 0 Å². The molecule has 4 N–H and O–H groups in total. The molecular formula is C9H10BrCl2N3O. The molecule has 4 nitrogen and oxygen atoms in total. The number of halogens is 3. The third-order valence-electron chi connectivity index (χ3n) is 1.93. The number of benzene rings is 1. The summed E-state index contributed by atoms with van der Waals surface area (Å²) in [4.78, 5) is 0. The van der Waals surface area contributed by atoms with Gasteiger partial charge >= 0.3 is 0 Å². The van der Waals surface area contributed by atoms with Crippen LogP contribution in [0.1, 0.15) is 6.92 Å². The highest BCUT2D eigenvalue weighted by molar-refractivity contribution is 9.10. The van der Waals surface area contributed by atoms with Gasteiger partial charge in [-0.25, -0.2) is 0 Å². The van der Waals surface area contributed by atoms with E-state index in [9.17, 15) is 0 Å². The minimum Gasteiger partial charge on any atom is -0.409 e. The Bertz CT molecular complexity index is 402. The van der Waals surface area contributed by atoms with Crippen LogP contribution < -0.4 is 11.1 Å². The predicted octanol–water partition coefficient (Wildman–Crippen LogP) is 3.30. The average Bonchev–Trinajstić information content (AvgIpc) is 2.21. The van der Waals surface area contributed by atoms with E-state index in [1.54, 1.807) is 19.1 Å². The molecule has 1 unspecified atom stereocenters. The normalized spacial score (nSPS) is 13.6. The van der Waals surface area contributed by atoms with Crippen molar-refractivity contribution in [1.82, 2.24) is 0 Å². The van der Waals surface area contributed by atoms with Crippen molar-refractivity contribution in [3.05, 3.63) is 26.7 Å². The summed E-state index contributed by atoms with van der Waals surface area (Å²) in [7, 11) is 0. The van der Waals surface area contributed by atoms with Gasteiger partial charge in [0, 0.05) is 4.47 Å². The molecule has 0 bridgehead atoms. The molecule has 16 heavy (non-hydrogen) atoms. The molecule has 0 aliphatic heterocycles. The lowest BCUT2D eigenvalue weighted by Gasteiger charge is -2.16. The molecule has 0 saturated carbocycles. The zero-order valence-corrected chi connectivity index (χ0v) is 11.4. The molecule has 1 aromatic carbocycles. The summed E-state index contributed by atoms with van der Waals surface area (Å²) in [5.41, 5.74) is 5.98. The first-order chi connectivity index (χ1) is 7.45. The van der Waals surface area contributed by atoms with Crippen molar-refractivity contribution in [3.8, 4) is 0 Å². The van der Waals surface area contributed by atoms with Crippen molar-refractivity contribution in [1.29, 1.82) is 0 Å². The van der Waals surface area contributed by atoms with Crippen molar-refractivity contribution in [2.45, 2.75) is 13.0 Å². The minimum atomic E-state index is -0.374. The Morgan fingerprint density at radius 3 is 2.44 bits per heavy atom. The fourth-order valence-corrected chi connectivity index (χ4v) is 2.37. The van der Waals surface area contributed by atoms with Crippen LogP contribution in [-0.4, -0.2) is 17.1 Å². The second-order valence-electron chi connectivity index (χ2n) is 3.14. The summed E-state index contributed by atoms with van der Waals surface area (Å²) in [5, 5.41) is 15.3. The number of anilines is 1. The van der Waals surface area contributed by atoms with Crippen LogP contribution >= 0.6 is 39.1 Å². The van der Waals surface area contributed by atoms with Gasteiger partial charge in [-0.15, -0.1) is 0 Å². The molecule has 0 radical (unpaired) electrons. The van der Waals surface area contributed by atoms with Gasteiger partial charge in [0.1, 0.15) is 0 Å². The van der Waals surface area contributed by atoms with Gasteiger partial charge in [-0.05, 0) is 19.1 Å². The van der Waals surface area contributed by atoms with Crippen LogP contribution in [0.25, 0.3) is 0 Å². The summed E-state index contributed by atoms with van der Waals surface area (Å²) >= 11 is 15.3. The van der Waals surface area contributed by atoms with Crippen LogP contribution in [0.3, 0.4) is 0 Å². The second-order valence-corrected chi connectivity index (χ2v) is 4.87. The Morgan fingerprint density at radius 2 is 2.00 bits per heavy atom. The van der Waals surface area contributed by atoms with E-state index in [2.05, 4.69) is 26.4 Å². The number of nitrogens with one attached hydrogen (secondary N) is 1. The fraction of sp³-hybridized carbons (Fsp3) is 0.222. The van der Waals surface area contributed by atoms with Gasteiger partial charge < -0.3 is 16.3 Å². The monoisotopic (exact) mass is 325 g/mol. The smallest absolute Gasteiger partial charge is 0.161 e. The first-order valence-electron chi connectivity index (χ1n) is 4.34. The minimum absolute atomic E-state index is 0.0510. The lowest BCUT2D eigenvalue weighted by Crippen LogP contribution is -2.33.